The van der Waals surface area contributed by atoms with E-state index in [2.05, 4.69) is 10.7 Å². The predicted octanol–water partition coefficient (Wildman–Crippen LogP) is 2.85. The lowest BCUT2D eigenvalue weighted by molar-refractivity contribution is -0.125. The van der Waals surface area contributed by atoms with Gasteiger partial charge in [-0.2, -0.15) is 0 Å². The van der Waals surface area contributed by atoms with E-state index >= 15 is 0 Å². The maximum atomic E-state index is 12.2. The molecule has 0 unspecified atom stereocenters. The number of carbonyl (C=O) groups excluding carboxylic acids is 1. The van der Waals surface area contributed by atoms with Crippen molar-refractivity contribution in [1.29, 1.82) is 0 Å². The number of hydrazine groups is 1. The fraction of sp³-hybridized carbons (Fsp3) is 0.556. The number of hydrogen-bond donors (Lipinski definition) is 2. The number of rotatable bonds is 4. The molecule has 2 fully saturated rings. The van der Waals surface area contributed by atoms with Crippen molar-refractivity contribution in [2.45, 2.75) is 38.6 Å². The maximum Gasteiger partial charge on any atom is 0.238 e. The third-order valence-corrected chi connectivity index (χ3v) is 5.63. The number of fused-ring (bicyclic) bond motifs is 2. The smallest absolute Gasteiger partial charge is 0.238 e. The monoisotopic (exact) mass is 331 g/mol. The number of thiocarbonyl (C=S) groups is 1. The molecule has 23 heavy (non-hydrogen) atoms. The first-order valence-electron chi connectivity index (χ1n) is 8.47. The van der Waals surface area contributed by atoms with E-state index in [9.17, 15) is 4.79 Å². The SMILES string of the molecule is CN(NC(=O)C[C@H]1C[C@@H]2CC[C@@H]1C2)C(=S)NCc1ccccc1. The largest absolute Gasteiger partial charge is 0.357 e. The van der Waals surface area contributed by atoms with E-state index in [0.29, 0.717) is 24.0 Å². The molecule has 0 spiro atoms. The molecule has 2 bridgehead atoms. The molecular weight excluding hydrogens is 306 g/mol. The molecule has 2 saturated carbocycles. The number of carbonyl (C=O) groups is 1. The third-order valence-electron chi connectivity index (χ3n) is 5.22. The quantitative estimate of drug-likeness (QED) is 0.658. The molecule has 0 radical (unpaired) electrons. The van der Waals surface area contributed by atoms with E-state index in [0.717, 1.165) is 17.4 Å². The molecule has 2 aliphatic rings. The molecule has 2 N–H and O–H groups in total. The van der Waals surface area contributed by atoms with Crippen LogP contribution in [0.5, 0.6) is 0 Å². The Labute approximate surface area is 143 Å². The molecule has 0 heterocycles. The van der Waals surface area contributed by atoms with Crippen molar-refractivity contribution in [3.8, 4) is 0 Å². The third kappa shape index (κ3) is 4.22. The van der Waals surface area contributed by atoms with Crippen LogP contribution in [0.1, 0.15) is 37.7 Å². The van der Waals surface area contributed by atoms with Gasteiger partial charge in [0.15, 0.2) is 5.11 Å². The molecule has 4 nitrogen and oxygen atoms in total. The van der Waals surface area contributed by atoms with E-state index < -0.39 is 0 Å². The van der Waals surface area contributed by atoms with Crippen molar-refractivity contribution in [2.75, 3.05) is 7.05 Å². The van der Waals surface area contributed by atoms with Gasteiger partial charge in [0.05, 0.1) is 0 Å². The number of amides is 1. The molecular formula is C18H25N3OS. The van der Waals surface area contributed by atoms with Gasteiger partial charge in [0.25, 0.3) is 0 Å². The summed E-state index contributed by atoms with van der Waals surface area (Å²) >= 11 is 5.33. The molecule has 5 heteroatoms. The molecule has 2 aliphatic carbocycles. The van der Waals surface area contributed by atoms with Crippen LogP contribution < -0.4 is 10.7 Å². The van der Waals surface area contributed by atoms with Crippen LogP contribution in [0.2, 0.25) is 0 Å². The second kappa shape index (κ2) is 7.30. The van der Waals surface area contributed by atoms with Gasteiger partial charge in [0, 0.05) is 20.0 Å². The van der Waals surface area contributed by atoms with Gasteiger partial charge in [-0.15, -0.1) is 0 Å². The van der Waals surface area contributed by atoms with E-state index in [1.807, 2.05) is 30.3 Å². The van der Waals surface area contributed by atoms with E-state index in [4.69, 9.17) is 12.2 Å². The van der Waals surface area contributed by atoms with Gasteiger partial charge < -0.3 is 5.32 Å². The summed E-state index contributed by atoms with van der Waals surface area (Å²) in [5.74, 6) is 2.31. The average Bonchev–Trinajstić information content (AvgIpc) is 3.16. The fourth-order valence-electron chi connectivity index (χ4n) is 4.04. The van der Waals surface area contributed by atoms with Gasteiger partial charge in [-0.1, -0.05) is 36.8 Å². The Hall–Kier alpha value is -1.62. The minimum absolute atomic E-state index is 0.0777. The Morgan fingerprint density at radius 3 is 2.70 bits per heavy atom. The summed E-state index contributed by atoms with van der Waals surface area (Å²) in [6.07, 6.45) is 5.89. The molecule has 0 aromatic heterocycles. The van der Waals surface area contributed by atoms with Crippen molar-refractivity contribution < 1.29 is 4.79 Å². The minimum atomic E-state index is 0.0777. The minimum Gasteiger partial charge on any atom is -0.357 e. The number of hydrogen-bond acceptors (Lipinski definition) is 2. The fourth-order valence-corrected chi connectivity index (χ4v) is 4.16. The van der Waals surface area contributed by atoms with Crippen molar-refractivity contribution in [2.24, 2.45) is 17.8 Å². The normalized spacial score (nSPS) is 25.2. The average molecular weight is 331 g/mol. The van der Waals surface area contributed by atoms with Gasteiger partial charge >= 0.3 is 0 Å². The molecule has 0 saturated heterocycles. The van der Waals surface area contributed by atoms with Crippen LogP contribution in [0.4, 0.5) is 0 Å². The Morgan fingerprint density at radius 1 is 1.26 bits per heavy atom. The predicted molar refractivity (Wildman–Crippen MR) is 95.3 cm³/mol. The Kier molecular flexibility index (Phi) is 5.16. The van der Waals surface area contributed by atoms with Crippen molar-refractivity contribution in [3.63, 3.8) is 0 Å². The molecule has 3 atom stereocenters. The summed E-state index contributed by atoms with van der Waals surface area (Å²) in [7, 11) is 1.79. The first-order valence-corrected chi connectivity index (χ1v) is 8.87. The summed E-state index contributed by atoms with van der Waals surface area (Å²) in [6.45, 7) is 0.659. The number of benzene rings is 1. The van der Waals surface area contributed by atoms with Crippen LogP contribution >= 0.6 is 12.2 Å². The van der Waals surface area contributed by atoms with Crippen molar-refractivity contribution in [3.05, 3.63) is 35.9 Å². The van der Waals surface area contributed by atoms with Crippen molar-refractivity contribution >= 4 is 23.2 Å². The molecule has 1 aromatic rings. The van der Waals surface area contributed by atoms with E-state index in [1.54, 1.807) is 12.1 Å². The van der Waals surface area contributed by atoms with Crippen LogP contribution in [-0.4, -0.2) is 23.1 Å². The summed E-state index contributed by atoms with van der Waals surface area (Å²) < 4.78 is 0. The topological polar surface area (TPSA) is 44.4 Å². The maximum absolute atomic E-state index is 12.2. The molecule has 1 amide bonds. The summed E-state index contributed by atoms with van der Waals surface area (Å²) in [6, 6.07) is 10.1. The van der Waals surface area contributed by atoms with Crippen LogP contribution in [0, 0.1) is 17.8 Å². The van der Waals surface area contributed by atoms with Gasteiger partial charge in [0.2, 0.25) is 5.91 Å². The number of nitrogens with one attached hydrogen (secondary N) is 2. The second-order valence-corrected chi connectivity index (χ2v) is 7.26. The zero-order chi connectivity index (χ0) is 16.2. The highest BCUT2D eigenvalue weighted by Crippen LogP contribution is 2.49. The molecule has 3 rings (SSSR count). The highest BCUT2D eigenvalue weighted by atomic mass is 32.1. The Morgan fingerprint density at radius 2 is 2.04 bits per heavy atom. The Balaban J connectivity index is 1.40. The summed E-state index contributed by atoms with van der Waals surface area (Å²) in [5.41, 5.74) is 4.06. The summed E-state index contributed by atoms with van der Waals surface area (Å²) in [4.78, 5) is 12.2. The highest BCUT2D eigenvalue weighted by Gasteiger charge is 2.40. The first kappa shape index (κ1) is 16.2. The zero-order valence-electron chi connectivity index (χ0n) is 13.6. The van der Waals surface area contributed by atoms with Crippen LogP contribution in [0.3, 0.4) is 0 Å². The van der Waals surface area contributed by atoms with Crippen molar-refractivity contribution in [1.82, 2.24) is 15.8 Å². The van der Waals surface area contributed by atoms with Crippen LogP contribution in [0.15, 0.2) is 30.3 Å². The lowest BCUT2D eigenvalue weighted by Gasteiger charge is -2.25. The molecule has 0 aliphatic heterocycles. The molecule has 124 valence electrons. The lowest BCUT2D eigenvalue weighted by Crippen LogP contribution is -2.48. The van der Waals surface area contributed by atoms with Gasteiger partial charge in [-0.3, -0.25) is 15.2 Å². The van der Waals surface area contributed by atoms with E-state index in [1.165, 1.54) is 25.7 Å². The first-order chi connectivity index (χ1) is 11.1. The molecule has 1 aromatic carbocycles. The van der Waals surface area contributed by atoms with Crippen LogP contribution in [0.25, 0.3) is 0 Å². The standard InChI is InChI=1S/C18H25N3OS/c1-21(18(23)19-12-13-5-3-2-4-6-13)20-17(22)11-16-10-14-7-8-15(16)9-14/h2-6,14-16H,7-12H2,1H3,(H,19,23)(H,20,22)/t14-,15-,16-/m1/s1. The van der Waals surface area contributed by atoms with E-state index in [-0.39, 0.29) is 5.91 Å². The zero-order valence-corrected chi connectivity index (χ0v) is 14.4. The number of nitrogens with zero attached hydrogens (tertiary/aromatic N) is 1. The van der Waals surface area contributed by atoms with Gasteiger partial charge in [0.1, 0.15) is 0 Å². The van der Waals surface area contributed by atoms with Gasteiger partial charge in [-0.05, 0) is 54.8 Å². The van der Waals surface area contributed by atoms with Gasteiger partial charge in [-0.25, -0.2) is 0 Å². The summed E-state index contributed by atoms with van der Waals surface area (Å²) in [5, 5.41) is 5.32. The second-order valence-electron chi connectivity index (χ2n) is 6.88. The Bertz CT molecular complexity index is 563. The van der Waals surface area contributed by atoms with Crippen LogP contribution in [-0.2, 0) is 11.3 Å². The highest BCUT2D eigenvalue weighted by molar-refractivity contribution is 7.80. The lowest BCUT2D eigenvalue weighted by atomic mass is 9.86.